The molecule has 0 aliphatic rings. The third-order valence-corrected chi connectivity index (χ3v) is 2.25. The Labute approximate surface area is 95.5 Å². The van der Waals surface area contributed by atoms with Gasteiger partial charge in [0.15, 0.2) is 0 Å². The molecule has 0 saturated heterocycles. The van der Waals surface area contributed by atoms with Crippen LogP contribution in [0.4, 0.5) is 4.79 Å². The first-order valence-corrected chi connectivity index (χ1v) is 5.09. The third kappa shape index (κ3) is 4.33. The normalized spacial score (nSPS) is 12.8. The SMILES string of the molecule is C=C(C)C(=O)OC(C)(C)C(CC)NC(=O)O. The van der Waals surface area contributed by atoms with Gasteiger partial charge < -0.3 is 15.2 Å². The number of carboxylic acid groups (broad SMARTS) is 1. The van der Waals surface area contributed by atoms with Gasteiger partial charge in [0.1, 0.15) is 5.60 Å². The van der Waals surface area contributed by atoms with Crippen molar-refractivity contribution < 1.29 is 19.4 Å². The van der Waals surface area contributed by atoms with E-state index in [1.54, 1.807) is 20.8 Å². The van der Waals surface area contributed by atoms with E-state index in [2.05, 4.69) is 11.9 Å². The Morgan fingerprint density at radius 2 is 2.00 bits per heavy atom. The fraction of sp³-hybridized carbons (Fsp3) is 0.636. The third-order valence-electron chi connectivity index (χ3n) is 2.25. The number of hydrogen-bond donors (Lipinski definition) is 2. The van der Waals surface area contributed by atoms with E-state index in [4.69, 9.17) is 9.84 Å². The number of rotatable bonds is 5. The highest BCUT2D eigenvalue weighted by atomic mass is 16.6. The summed E-state index contributed by atoms with van der Waals surface area (Å²) in [5.41, 5.74) is -0.610. The molecule has 92 valence electrons. The van der Waals surface area contributed by atoms with Crippen molar-refractivity contribution in [3.05, 3.63) is 12.2 Å². The predicted octanol–water partition coefficient (Wildman–Crippen LogP) is 1.93. The molecule has 0 aromatic carbocycles. The second kappa shape index (κ2) is 5.53. The molecule has 1 unspecified atom stereocenters. The lowest BCUT2D eigenvalue weighted by Gasteiger charge is -2.33. The van der Waals surface area contributed by atoms with Gasteiger partial charge in [0.05, 0.1) is 6.04 Å². The maximum absolute atomic E-state index is 11.4. The van der Waals surface area contributed by atoms with Gasteiger partial charge in [0.2, 0.25) is 0 Å². The average molecular weight is 229 g/mol. The van der Waals surface area contributed by atoms with Crippen LogP contribution in [0.15, 0.2) is 12.2 Å². The highest BCUT2D eigenvalue weighted by molar-refractivity contribution is 5.87. The molecule has 2 N–H and O–H groups in total. The van der Waals surface area contributed by atoms with Crippen LogP contribution >= 0.6 is 0 Å². The molecule has 0 heterocycles. The number of amides is 1. The van der Waals surface area contributed by atoms with Crippen molar-refractivity contribution in [2.75, 3.05) is 0 Å². The predicted molar refractivity (Wildman–Crippen MR) is 60.2 cm³/mol. The zero-order chi connectivity index (χ0) is 12.9. The Morgan fingerprint density at radius 3 is 2.31 bits per heavy atom. The van der Waals surface area contributed by atoms with Crippen LogP contribution in [-0.4, -0.2) is 28.8 Å². The van der Waals surface area contributed by atoms with Gasteiger partial charge in [-0.1, -0.05) is 13.5 Å². The summed E-state index contributed by atoms with van der Waals surface area (Å²) in [6.45, 7) is 10.2. The van der Waals surface area contributed by atoms with E-state index in [-0.39, 0.29) is 0 Å². The summed E-state index contributed by atoms with van der Waals surface area (Å²) in [6, 6.07) is -0.451. The molecule has 0 spiro atoms. The minimum atomic E-state index is -1.13. The number of carbonyl (C=O) groups is 2. The zero-order valence-electron chi connectivity index (χ0n) is 10.2. The number of nitrogens with one attached hydrogen (secondary N) is 1. The molecule has 0 radical (unpaired) electrons. The molecule has 0 aliphatic carbocycles. The molecule has 0 fully saturated rings. The summed E-state index contributed by atoms with van der Waals surface area (Å²) in [7, 11) is 0. The standard InChI is InChI=1S/C11H19NO4/c1-6-8(12-10(14)15)11(4,5)16-9(13)7(2)3/h8,12H,2,6H2,1,3-5H3,(H,14,15). The van der Waals surface area contributed by atoms with Gasteiger partial charge in [-0.25, -0.2) is 9.59 Å². The van der Waals surface area contributed by atoms with Crippen molar-refractivity contribution in [3.8, 4) is 0 Å². The average Bonchev–Trinajstić information content (AvgIpc) is 2.12. The molecule has 0 rings (SSSR count). The summed E-state index contributed by atoms with van der Waals surface area (Å²) in [6.07, 6.45) is -0.603. The largest absolute Gasteiger partial charge is 0.465 e. The maximum Gasteiger partial charge on any atom is 0.405 e. The lowest BCUT2D eigenvalue weighted by atomic mass is 9.96. The molecule has 1 amide bonds. The van der Waals surface area contributed by atoms with Crippen molar-refractivity contribution in [2.45, 2.75) is 45.8 Å². The Hall–Kier alpha value is -1.52. The summed E-state index contributed by atoms with van der Waals surface area (Å²) in [5.74, 6) is -0.518. The zero-order valence-corrected chi connectivity index (χ0v) is 10.2. The smallest absolute Gasteiger partial charge is 0.405 e. The van der Waals surface area contributed by atoms with Crippen molar-refractivity contribution in [1.82, 2.24) is 5.32 Å². The van der Waals surface area contributed by atoms with Gasteiger partial charge in [0.25, 0.3) is 0 Å². The highest BCUT2D eigenvalue weighted by Crippen LogP contribution is 2.19. The quantitative estimate of drug-likeness (QED) is 0.558. The van der Waals surface area contributed by atoms with E-state index < -0.39 is 23.7 Å². The second-order valence-corrected chi connectivity index (χ2v) is 4.18. The van der Waals surface area contributed by atoms with E-state index in [1.165, 1.54) is 0 Å². The monoisotopic (exact) mass is 229 g/mol. The van der Waals surface area contributed by atoms with Crippen molar-refractivity contribution >= 4 is 12.1 Å². The van der Waals surface area contributed by atoms with E-state index in [0.29, 0.717) is 12.0 Å². The van der Waals surface area contributed by atoms with Gasteiger partial charge in [-0.15, -0.1) is 0 Å². The van der Waals surface area contributed by atoms with Crippen LogP contribution in [0.5, 0.6) is 0 Å². The fourth-order valence-electron chi connectivity index (χ4n) is 1.31. The van der Waals surface area contributed by atoms with Crippen LogP contribution in [0.25, 0.3) is 0 Å². The summed E-state index contributed by atoms with van der Waals surface area (Å²) in [5, 5.41) is 11.0. The Balaban J connectivity index is 4.65. The molecule has 1 atom stereocenters. The molecule has 0 aromatic rings. The Kier molecular flexibility index (Phi) is 5.01. The van der Waals surface area contributed by atoms with E-state index >= 15 is 0 Å². The van der Waals surface area contributed by atoms with Crippen LogP contribution in [0.1, 0.15) is 34.1 Å². The van der Waals surface area contributed by atoms with Gasteiger partial charge >= 0.3 is 12.1 Å². The first-order valence-electron chi connectivity index (χ1n) is 5.09. The van der Waals surface area contributed by atoms with Gasteiger partial charge in [0, 0.05) is 5.57 Å². The van der Waals surface area contributed by atoms with Crippen LogP contribution in [-0.2, 0) is 9.53 Å². The van der Waals surface area contributed by atoms with Gasteiger partial charge in [-0.3, -0.25) is 0 Å². The number of hydrogen-bond acceptors (Lipinski definition) is 3. The number of esters is 1. The maximum atomic E-state index is 11.4. The Bertz CT molecular complexity index is 296. The van der Waals surface area contributed by atoms with Crippen molar-refractivity contribution in [2.24, 2.45) is 0 Å². The van der Waals surface area contributed by atoms with E-state index in [1.807, 2.05) is 6.92 Å². The molecular formula is C11H19NO4. The topological polar surface area (TPSA) is 75.6 Å². The Morgan fingerprint density at radius 1 is 1.50 bits per heavy atom. The number of carbonyl (C=O) groups excluding carboxylic acids is 1. The molecule has 0 aromatic heterocycles. The first-order chi connectivity index (χ1) is 7.20. The van der Waals surface area contributed by atoms with Crippen LogP contribution in [0.3, 0.4) is 0 Å². The second-order valence-electron chi connectivity index (χ2n) is 4.18. The molecule has 5 heteroatoms. The molecule has 0 saturated carbocycles. The minimum absolute atomic E-state index is 0.290. The van der Waals surface area contributed by atoms with E-state index in [9.17, 15) is 9.59 Å². The van der Waals surface area contributed by atoms with E-state index in [0.717, 1.165) is 0 Å². The number of ether oxygens (including phenoxy) is 1. The van der Waals surface area contributed by atoms with Gasteiger partial charge in [-0.2, -0.15) is 0 Å². The van der Waals surface area contributed by atoms with Crippen molar-refractivity contribution in [3.63, 3.8) is 0 Å². The molecule has 16 heavy (non-hydrogen) atoms. The summed E-state index contributed by atoms with van der Waals surface area (Å²) in [4.78, 5) is 21.9. The lowest BCUT2D eigenvalue weighted by Crippen LogP contribution is -2.51. The molecule has 0 aliphatic heterocycles. The van der Waals surface area contributed by atoms with Crippen LogP contribution < -0.4 is 5.32 Å². The van der Waals surface area contributed by atoms with Crippen LogP contribution in [0.2, 0.25) is 0 Å². The molecule has 0 bridgehead atoms. The summed E-state index contributed by atoms with van der Waals surface area (Å²) >= 11 is 0. The lowest BCUT2D eigenvalue weighted by molar-refractivity contribution is -0.154. The molecular weight excluding hydrogens is 210 g/mol. The van der Waals surface area contributed by atoms with Gasteiger partial charge in [-0.05, 0) is 27.2 Å². The van der Waals surface area contributed by atoms with Crippen molar-refractivity contribution in [1.29, 1.82) is 0 Å². The fourth-order valence-corrected chi connectivity index (χ4v) is 1.31. The highest BCUT2D eigenvalue weighted by Gasteiger charge is 2.33. The van der Waals surface area contributed by atoms with Crippen LogP contribution in [0, 0.1) is 0 Å². The summed E-state index contributed by atoms with van der Waals surface area (Å²) < 4.78 is 5.19. The minimum Gasteiger partial charge on any atom is -0.465 e. The first kappa shape index (κ1) is 14.5. The molecule has 5 nitrogen and oxygen atoms in total.